The predicted molar refractivity (Wildman–Crippen MR) is 103 cm³/mol. The lowest BCUT2D eigenvalue weighted by atomic mass is 9.94. The third-order valence-corrected chi connectivity index (χ3v) is 4.77. The molecule has 1 unspecified atom stereocenters. The average molecular weight is 354 g/mol. The second kappa shape index (κ2) is 7.35. The number of nitrogens with zero attached hydrogens (tertiary/aromatic N) is 1. The molecule has 0 saturated heterocycles. The van der Waals surface area contributed by atoms with E-state index in [4.69, 9.17) is 4.74 Å². The lowest BCUT2D eigenvalue weighted by molar-refractivity contribution is 0.0925. The van der Waals surface area contributed by atoms with Crippen molar-refractivity contribution in [2.75, 3.05) is 6.61 Å². The fraction of sp³-hybridized carbons (Fsp3) is 0.130. The third-order valence-electron chi connectivity index (χ3n) is 4.77. The highest BCUT2D eigenvalue weighted by Crippen LogP contribution is 2.32. The van der Waals surface area contributed by atoms with Crippen LogP contribution >= 0.6 is 0 Å². The molecule has 4 nitrogen and oxygen atoms in total. The monoisotopic (exact) mass is 354 g/mol. The number of hydrogen-bond acceptors (Lipinski definition) is 3. The van der Waals surface area contributed by atoms with Crippen LogP contribution in [0.3, 0.4) is 0 Å². The first-order valence-electron chi connectivity index (χ1n) is 8.89. The summed E-state index contributed by atoms with van der Waals surface area (Å²) >= 11 is 0. The number of para-hydroxylation sites is 1. The van der Waals surface area contributed by atoms with Gasteiger partial charge in [0.2, 0.25) is 0 Å². The van der Waals surface area contributed by atoms with Crippen molar-refractivity contribution in [3.8, 4) is 22.9 Å². The highest BCUT2D eigenvalue weighted by atomic mass is 16.5. The van der Waals surface area contributed by atoms with Crippen LogP contribution in [0.1, 0.15) is 33.9 Å². The van der Waals surface area contributed by atoms with Crippen LogP contribution in [0.25, 0.3) is 11.1 Å². The summed E-state index contributed by atoms with van der Waals surface area (Å²) in [6.07, 6.45) is 0.722. The number of carbonyl (C=O) groups is 1. The molecule has 0 radical (unpaired) electrons. The minimum absolute atomic E-state index is 0.0956. The largest absolute Gasteiger partial charge is 0.493 e. The predicted octanol–water partition coefficient (Wildman–Crippen LogP) is 4.48. The van der Waals surface area contributed by atoms with Gasteiger partial charge in [-0.3, -0.25) is 4.79 Å². The average Bonchev–Trinajstić information content (AvgIpc) is 2.74. The molecule has 0 aliphatic carbocycles. The normalized spacial score (nSPS) is 15.1. The van der Waals surface area contributed by atoms with Gasteiger partial charge in [-0.15, -0.1) is 0 Å². The first-order valence-corrected chi connectivity index (χ1v) is 8.89. The maximum Gasteiger partial charge on any atom is 0.252 e. The summed E-state index contributed by atoms with van der Waals surface area (Å²) in [4.78, 5) is 13.1. The Balaban J connectivity index is 1.68. The van der Waals surface area contributed by atoms with Crippen molar-refractivity contribution >= 4 is 5.91 Å². The van der Waals surface area contributed by atoms with E-state index in [0.717, 1.165) is 28.9 Å². The van der Waals surface area contributed by atoms with Crippen LogP contribution in [-0.2, 0) is 0 Å². The molecule has 1 aliphatic rings. The van der Waals surface area contributed by atoms with E-state index in [2.05, 4.69) is 11.4 Å². The Morgan fingerprint density at radius 3 is 2.52 bits per heavy atom. The number of fused-ring (bicyclic) bond motifs is 1. The number of nitriles is 1. The lowest BCUT2D eigenvalue weighted by Crippen LogP contribution is -2.32. The zero-order valence-corrected chi connectivity index (χ0v) is 14.7. The molecule has 1 atom stereocenters. The van der Waals surface area contributed by atoms with Crippen LogP contribution in [0.2, 0.25) is 0 Å². The van der Waals surface area contributed by atoms with Gasteiger partial charge in [-0.2, -0.15) is 5.26 Å². The maximum atomic E-state index is 13.1. The van der Waals surface area contributed by atoms with Crippen molar-refractivity contribution in [3.05, 3.63) is 89.5 Å². The third kappa shape index (κ3) is 3.28. The van der Waals surface area contributed by atoms with Gasteiger partial charge in [-0.1, -0.05) is 54.6 Å². The molecule has 0 bridgehead atoms. The quantitative estimate of drug-likeness (QED) is 0.754. The fourth-order valence-corrected chi connectivity index (χ4v) is 3.46. The Bertz CT molecular complexity index is 1040. The van der Waals surface area contributed by atoms with Gasteiger partial charge in [0, 0.05) is 23.1 Å². The molecule has 4 rings (SSSR count). The molecule has 1 amide bonds. The van der Waals surface area contributed by atoms with Crippen molar-refractivity contribution in [3.63, 3.8) is 0 Å². The number of nitrogens with one attached hydrogen (secondary N) is 1. The van der Waals surface area contributed by atoms with Gasteiger partial charge in [-0.25, -0.2) is 0 Å². The molecular formula is C23H18N2O2. The summed E-state index contributed by atoms with van der Waals surface area (Å²) in [5.74, 6) is 0.664. The van der Waals surface area contributed by atoms with Crippen molar-refractivity contribution in [2.24, 2.45) is 0 Å². The number of hydrogen-bond donors (Lipinski definition) is 1. The van der Waals surface area contributed by atoms with Crippen LogP contribution in [0.4, 0.5) is 0 Å². The van der Waals surface area contributed by atoms with Crippen LogP contribution in [0.15, 0.2) is 72.8 Å². The summed E-state index contributed by atoms with van der Waals surface area (Å²) in [6, 6.07) is 24.6. The van der Waals surface area contributed by atoms with Gasteiger partial charge in [0.25, 0.3) is 5.91 Å². The second-order valence-electron chi connectivity index (χ2n) is 6.40. The Labute approximate surface area is 158 Å². The van der Waals surface area contributed by atoms with Crippen molar-refractivity contribution < 1.29 is 9.53 Å². The van der Waals surface area contributed by atoms with Crippen LogP contribution in [0, 0.1) is 11.3 Å². The van der Waals surface area contributed by atoms with Gasteiger partial charge < -0.3 is 10.1 Å². The molecule has 0 spiro atoms. The fourth-order valence-electron chi connectivity index (χ4n) is 3.46. The summed E-state index contributed by atoms with van der Waals surface area (Å²) in [7, 11) is 0. The zero-order valence-electron chi connectivity index (χ0n) is 14.7. The molecule has 132 valence electrons. The smallest absolute Gasteiger partial charge is 0.252 e. The lowest BCUT2D eigenvalue weighted by Gasteiger charge is -2.27. The van der Waals surface area contributed by atoms with E-state index in [-0.39, 0.29) is 11.9 Å². The standard InChI is InChI=1S/C23H18N2O2/c24-15-16-7-1-2-8-17(16)18-9-3-4-10-19(18)23(26)25-21-13-14-27-22-12-6-5-11-20(21)22/h1-12,21H,13-14H2,(H,25,26). The summed E-state index contributed by atoms with van der Waals surface area (Å²) in [5.41, 5.74) is 3.62. The number of carbonyl (C=O) groups excluding carboxylic acids is 1. The number of amides is 1. The SMILES string of the molecule is N#Cc1ccccc1-c1ccccc1C(=O)NC1CCOc2ccccc21. The highest BCUT2D eigenvalue weighted by molar-refractivity contribution is 6.01. The Morgan fingerprint density at radius 2 is 1.67 bits per heavy atom. The van der Waals surface area contributed by atoms with E-state index >= 15 is 0 Å². The Hall–Kier alpha value is -3.58. The number of benzene rings is 3. The van der Waals surface area contributed by atoms with Gasteiger partial charge in [0.1, 0.15) is 5.75 Å². The van der Waals surface area contributed by atoms with Crippen molar-refractivity contribution in [1.29, 1.82) is 5.26 Å². The second-order valence-corrected chi connectivity index (χ2v) is 6.40. The van der Waals surface area contributed by atoms with Gasteiger partial charge in [-0.05, 0) is 23.8 Å². The number of rotatable bonds is 3. The van der Waals surface area contributed by atoms with Crippen molar-refractivity contribution in [2.45, 2.75) is 12.5 Å². The van der Waals surface area contributed by atoms with Crippen molar-refractivity contribution in [1.82, 2.24) is 5.32 Å². The molecule has 3 aromatic carbocycles. The minimum atomic E-state index is -0.153. The molecule has 3 aromatic rings. The summed E-state index contributed by atoms with van der Waals surface area (Å²) < 4.78 is 5.68. The first kappa shape index (κ1) is 16.9. The van der Waals surface area contributed by atoms with Crippen LogP contribution in [-0.4, -0.2) is 12.5 Å². The number of ether oxygens (including phenoxy) is 1. The molecule has 0 saturated carbocycles. The van der Waals surface area contributed by atoms with Gasteiger partial charge >= 0.3 is 0 Å². The topological polar surface area (TPSA) is 62.1 Å². The summed E-state index contributed by atoms with van der Waals surface area (Å²) in [6.45, 7) is 0.570. The Morgan fingerprint density at radius 1 is 0.963 bits per heavy atom. The molecule has 27 heavy (non-hydrogen) atoms. The highest BCUT2D eigenvalue weighted by Gasteiger charge is 2.24. The molecule has 1 heterocycles. The summed E-state index contributed by atoms with van der Waals surface area (Å²) in [5, 5.41) is 12.6. The Kier molecular flexibility index (Phi) is 4.59. The van der Waals surface area contributed by atoms with Gasteiger partial charge in [0.05, 0.1) is 24.3 Å². The molecule has 1 aliphatic heterocycles. The van der Waals surface area contributed by atoms with E-state index in [0.29, 0.717) is 17.7 Å². The van der Waals surface area contributed by atoms with E-state index in [1.165, 1.54) is 0 Å². The molecule has 1 N–H and O–H groups in total. The van der Waals surface area contributed by atoms with Crippen LogP contribution < -0.4 is 10.1 Å². The van der Waals surface area contributed by atoms with E-state index in [9.17, 15) is 10.1 Å². The maximum absolute atomic E-state index is 13.1. The van der Waals surface area contributed by atoms with E-state index < -0.39 is 0 Å². The van der Waals surface area contributed by atoms with Crippen LogP contribution in [0.5, 0.6) is 5.75 Å². The van der Waals surface area contributed by atoms with E-state index in [1.807, 2.05) is 60.7 Å². The molecule has 0 fully saturated rings. The minimum Gasteiger partial charge on any atom is -0.493 e. The molecular weight excluding hydrogens is 336 g/mol. The molecule has 0 aromatic heterocycles. The zero-order chi connectivity index (χ0) is 18.6. The van der Waals surface area contributed by atoms with Gasteiger partial charge in [0.15, 0.2) is 0 Å². The first-order chi connectivity index (χ1) is 13.3. The van der Waals surface area contributed by atoms with E-state index in [1.54, 1.807) is 12.1 Å². The molecule has 4 heteroatoms.